The Balaban J connectivity index is 2.21. The van der Waals surface area contributed by atoms with Crippen LogP contribution in [-0.4, -0.2) is 32.5 Å². The van der Waals surface area contributed by atoms with E-state index in [2.05, 4.69) is 5.32 Å². The van der Waals surface area contributed by atoms with Gasteiger partial charge < -0.3 is 5.32 Å². The number of hydrogen-bond acceptors (Lipinski definition) is 4. The summed E-state index contributed by atoms with van der Waals surface area (Å²) in [5, 5.41) is 2.52. The first-order valence-electron chi connectivity index (χ1n) is 6.96. The monoisotopic (exact) mass is 389 g/mol. The maximum atomic E-state index is 12.4. The van der Waals surface area contributed by atoms with E-state index in [0.29, 0.717) is 11.8 Å². The third kappa shape index (κ3) is 5.79. The van der Waals surface area contributed by atoms with Gasteiger partial charge in [0.25, 0.3) is 5.91 Å². The van der Waals surface area contributed by atoms with Gasteiger partial charge in [-0.3, -0.25) is 4.79 Å². The fraction of sp³-hybridized carbons (Fsp3) is 0.188. The van der Waals surface area contributed by atoms with Crippen molar-refractivity contribution in [2.75, 3.05) is 17.3 Å². The lowest BCUT2D eigenvalue weighted by atomic mass is 10.2. The van der Waals surface area contributed by atoms with Crippen LogP contribution >= 0.6 is 11.8 Å². The van der Waals surface area contributed by atoms with Crippen molar-refractivity contribution < 1.29 is 26.4 Å². The average molecular weight is 389 g/mol. The molecule has 0 aromatic heterocycles. The third-order valence-electron chi connectivity index (χ3n) is 3.05. The highest BCUT2D eigenvalue weighted by Gasteiger charge is 2.27. The highest BCUT2D eigenvalue weighted by molar-refractivity contribution is 7.99. The Morgan fingerprint density at radius 3 is 2.44 bits per heavy atom. The van der Waals surface area contributed by atoms with Gasteiger partial charge >= 0.3 is 6.18 Å². The number of anilines is 1. The number of thioether (sulfide) groups is 1. The van der Waals surface area contributed by atoms with Gasteiger partial charge in [-0.15, -0.1) is 11.8 Å². The molecule has 4 nitrogen and oxygen atoms in total. The number of nitrogens with one attached hydrogen (secondary N) is 1. The number of carbonyl (C=O) groups is 1. The summed E-state index contributed by atoms with van der Waals surface area (Å²) in [6.45, 7) is 0. The Bertz CT molecular complexity index is 880. The first kappa shape index (κ1) is 19.3. The summed E-state index contributed by atoms with van der Waals surface area (Å²) in [4.78, 5) is 12.6. The van der Waals surface area contributed by atoms with Gasteiger partial charge in [0.05, 0.1) is 16.3 Å². The molecule has 2 aromatic rings. The SMILES string of the molecule is CS(=O)(=O)c1cccc(C(=O)Nc2ccccc2SCC(F)(F)F)c1. The molecule has 0 unspecified atom stereocenters. The van der Waals surface area contributed by atoms with Crippen molar-refractivity contribution in [3.63, 3.8) is 0 Å². The summed E-state index contributed by atoms with van der Waals surface area (Å²) in [6.07, 6.45) is -3.31. The van der Waals surface area contributed by atoms with Gasteiger partial charge in [0.15, 0.2) is 9.84 Å². The Hall–Kier alpha value is -2.00. The highest BCUT2D eigenvalue weighted by atomic mass is 32.2. The number of carbonyl (C=O) groups excluding carboxylic acids is 1. The van der Waals surface area contributed by atoms with Gasteiger partial charge in [0.1, 0.15) is 0 Å². The Kier molecular flexibility index (Phi) is 5.79. The van der Waals surface area contributed by atoms with E-state index in [-0.39, 0.29) is 21.0 Å². The molecule has 2 rings (SSSR count). The minimum atomic E-state index is -4.33. The maximum Gasteiger partial charge on any atom is 0.398 e. The maximum absolute atomic E-state index is 12.4. The van der Waals surface area contributed by atoms with Crippen LogP contribution in [0.25, 0.3) is 0 Å². The zero-order valence-corrected chi connectivity index (χ0v) is 14.6. The largest absolute Gasteiger partial charge is 0.398 e. The van der Waals surface area contributed by atoms with Crippen LogP contribution in [0, 0.1) is 0 Å². The molecule has 1 amide bonds. The van der Waals surface area contributed by atoms with Crippen molar-refractivity contribution in [3.05, 3.63) is 54.1 Å². The fourth-order valence-corrected chi connectivity index (χ4v) is 3.35. The summed E-state index contributed by atoms with van der Waals surface area (Å²) >= 11 is 0.563. The predicted molar refractivity (Wildman–Crippen MR) is 90.7 cm³/mol. The van der Waals surface area contributed by atoms with Crippen molar-refractivity contribution in [2.45, 2.75) is 16.0 Å². The second-order valence-electron chi connectivity index (χ2n) is 5.15. The van der Waals surface area contributed by atoms with Crippen molar-refractivity contribution in [3.8, 4) is 0 Å². The molecule has 0 aliphatic heterocycles. The number of hydrogen-bond donors (Lipinski definition) is 1. The normalized spacial score (nSPS) is 12.0. The molecule has 2 aromatic carbocycles. The number of sulfone groups is 1. The first-order chi connectivity index (χ1) is 11.6. The number of para-hydroxylation sites is 1. The van der Waals surface area contributed by atoms with E-state index in [1.807, 2.05) is 0 Å². The minimum absolute atomic E-state index is 0.0140. The van der Waals surface area contributed by atoms with Crippen LogP contribution in [0.4, 0.5) is 18.9 Å². The van der Waals surface area contributed by atoms with Gasteiger partial charge in [0.2, 0.25) is 0 Å². The molecule has 134 valence electrons. The molecule has 0 saturated carbocycles. The molecular formula is C16H14F3NO3S2. The van der Waals surface area contributed by atoms with Crippen LogP contribution in [0.5, 0.6) is 0 Å². The van der Waals surface area contributed by atoms with Crippen molar-refractivity contribution >= 4 is 33.2 Å². The lowest BCUT2D eigenvalue weighted by Crippen LogP contribution is -2.14. The number of halogens is 3. The van der Waals surface area contributed by atoms with E-state index in [1.54, 1.807) is 12.1 Å². The van der Waals surface area contributed by atoms with Crippen molar-refractivity contribution in [1.29, 1.82) is 0 Å². The van der Waals surface area contributed by atoms with E-state index in [9.17, 15) is 26.4 Å². The lowest BCUT2D eigenvalue weighted by Gasteiger charge is -2.12. The second kappa shape index (κ2) is 7.49. The molecule has 0 aliphatic carbocycles. The van der Waals surface area contributed by atoms with Crippen molar-refractivity contribution in [2.24, 2.45) is 0 Å². The Morgan fingerprint density at radius 2 is 1.80 bits per heavy atom. The molecule has 1 N–H and O–H groups in total. The predicted octanol–water partition coefficient (Wildman–Crippen LogP) is 4.00. The van der Waals surface area contributed by atoms with E-state index >= 15 is 0 Å². The van der Waals surface area contributed by atoms with Crippen LogP contribution in [0.1, 0.15) is 10.4 Å². The summed E-state index contributed by atoms with van der Waals surface area (Å²) in [7, 11) is -3.47. The third-order valence-corrected chi connectivity index (χ3v) is 5.30. The molecule has 0 fully saturated rings. The van der Waals surface area contributed by atoms with E-state index in [4.69, 9.17) is 0 Å². The van der Waals surface area contributed by atoms with Gasteiger partial charge in [-0.05, 0) is 30.3 Å². The van der Waals surface area contributed by atoms with Gasteiger partial charge in [-0.1, -0.05) is 18.2 Å². The van der Waals surface area contributed by atoms with Gasteiger partial charge in [-0.2, -0.15) is 13.2 Å². The average Bonchev–Trinajstić information content (AvgIpc) is 2.52. The molecular weight excluding hydrogens is 375 g/mol. The van der Waals surface area contributed by atoms with Crippen LogP contribution in [0.2, 0.25) is 0 Å². The lowest BCUT2D eigenvalue weighted by molar-refractivity contribution is -0.105. The standard InChI is InChI=1S/C16H14F3NO3S2/c1-25(22,23)12-6-4-5-11(9-12)15(21)20-13-7-2-3-8-14(13)24-10-16(17,18)19/h2-9H,10H2,1H3,(H,20,21). The Labute approximate surface area is 147 Å². The molecule has 0 bridgehead atoms. The second-order valence-corrected chi connectivity index (χ2v) is 8.19. The summed E-state index contributed by atoms with van der Waals surface area (Å²) in [5.41, 5.74) is 0.324. The van der Waals surface area contributed by atoms with Gasteiger partial charge in [-0.25, -0.2) is 8.42 Å². The highest BCUT2D eigenvalue weighted by Crippen LogP contribution is 2.32. The Morgan fingerprint density at radius 1 is 1.12 bits per heavy atom. The van der Waals surface area contributed by atoms with E-state index < -0.39 is 27.7 Å². The molecule has 0 spiro atoms. The van der Waals surface area contributed by atoms with Gasteiger partial charge in [0, 0.05) is 16.7 Å². The molecule has 9 heteroatoms. The quantitative estimate of drug-likeness (QED) is 0.786. The topological polar surface area (TPSA) is 63.2 Å². The number of alkyl halides is 3. The van der Waals surface area contributed by atoms with E-state index in [1.165, 1.54) is 36.4 Å². The zero-order chi connectivity index (χ0) is 18.7. The summed E-state index contributed by atoms with van der Waals surface area (Å²) < 4.78 is 60.3. The summed E-state index contributed by atoms with van der Waals surface area (Å²) in [6, 6.07) is 11.5. The smallest absolute Gasteiger partial charge is 0.321 e. The minimum Gasteiger partial charge on any atom is -0.321 e. The molecule has 0 radical (unpaired) electrons. The van der Waals surface area contributed by atoms with E-state index in [0.717, 1.165) is 6.26 Å². The molecule has 0 heterocycles. The number of rotatable bonds is 5. The van der Waals surface area contributed by atoms with Crippen LogP contribution < -0.4 is 5.32 Å². The molecule has 0 aliphatic rings. The fourth-order valence-electron chi connectivity index (χ4n) is 1.92. The molecule has 0 saturated heterocycles. The first-order valence-corrected chi connectivity index (χ1v) is 9.84. The molecule has 0 atom stereocenters. The molecule has 25 heavy (non-hydrogen) atoms. The van der Waals surface area contributed by atoms with Crippen LogP contribution in [0.15, 0.2) is 58.3 Å². The van der Waals surface area contributed by atoms with Crippen LogP contribution in [-0.2, 0) is 9.84 Å². The number of amides is 1. The summed E-state index contributed by atoms with van der Waals surface area (Å²) in [5.74, 6) is -1.69. The number of benzene rings is 2. The zero-order valence-electron chi connectivity index (χ0n) is 13.0. The van der Waals surface area contributed by atoms with Crippen LogP contribution in [0.3, 0.4) is 0 Å². The van der Waals surface area contributed by atoms with Crippen molar-refractivity contribution in [1.82, 2.24) is 0 Å².